The van der Waals surface area contributed by atoms with E-state index >= 15 is 0 Å². The van der Waals surface area contributed by atoms with Gasteiger partial charge in [0.1, 0.15) is 6.61 Å². The first-order valence-corrected chi connectivity index (χ1v) is 13.1. The lowest BCUT2D eigenvalue weighted by molar-refractivity contribution is -0.142. The van der Waals surface area contributed by atoms with E-state index in [4.69, 9.17) is 4.74 Å². The first kappa shape index (κ1) is 30.4. The van der Waals surface area contributed by atoms with Gasteiger partial charge in [-0.3, -0.25) is 9.59 Å². The summed E-state index contributed by atoms with van der Waals surface area (Å²) in [5.41, 5.74) is 0. The Morgan fingerprint density at radius 3 is 1.91 bits per heavy atom. The van der Waals surface area contributed by atoms with Gasteiger partial charge in [-0.2, -0.15) is 0 Å². The van der Waals surface area contributed by atoms with Gasteiger partial charge >= 0.3 is 12.1 Å². The molecule has 0 aromatic rings. The minimum Gasteiger partial charge on any atom is -0.481 e. The summed E-state index contributed by atoms with van der Waals surface area (Å²) in [5.74, 6) is -0.618. The van der Waals surface area contributed by atoms with Gasteiger partial charge in [0, 0.05) is 13.1 Å². The molecule has 0 aromatic carbocycles. The number of amides is 1. The first-order chi connectivity index (χ1) is 15.5. The molecule has 0 aliphatic carbocycles. The molecule has 0 aromatic heterocycles. The maximum atomic E-state index is 12.3. The van der Waals surface area contributed by atoms with Crippen LogP contribution in [-0.4, -0.2) is 48.1 Å². The number of hydrogen-bond donors (Lipinski definition) is 1. The molecular weight excluding hydrogens is 406 g/mol. The molecule has 1 amide bonds. The Bertz CT molecular complexity index is 473. The lowest BCUT2D eigenvalue weighted by atomic mass is 9.84. The molecule has 32 heavy (non-hydrogen) atoms. The van der Waals surface area contributed by atoms with E-state index in [0.717, 1.165) is 44.9 Å². The summed E-state index contributed by atoms with van der Waals surface area (Å²) in [6.45, 7) is 7.36. The molecule has 1 N–H and O–H groups in total. The van der Waals surface area contributed by atoms with Gasteiger partial charge in [0.05, 0.1) is 5.92 Å². The van der Waals surface area contributed by atoms with Crippen LogP contribution in [0.5, 0.6) is 0 Å². The Balaban J connectivity index is 4.77. The number of unbranched alkanes of at least 4 members (excludes halogenated alkanes) is 7. The van der Waals surface area contributed by atoms with Crippen LogP contribution in [0.25, 0.3) is 0 Å². The molecule has 0 fully saturated rings. The maximum absolute atomic E-state index is 12.3. The summed E-state index contributed by atoms with van der Waals surface area (Å²) in [6, 6.07) is 0. The number of ether oxygens (including phenoxy) is 1. The number of carbonyl (C=O) groups is 3. The van der Waals surface area contributed by atoms with Crippen molar-refractivity contribution in [1.82, 2.24) is 4.90 Å². The first-order valence-electron chi connectivity index (χ1n) is 13.1. The normalized spacial score (nSPS) is 12.0. The molecule has 6 nitrogen and oxygen atoms in total. The van der Waals surface area contributed by atoms with E-state index in [1.54, 1.807) is 4.90 Å². The SMILES string of the molecule is CCCCCCN(CCCC(CC(CCCCC)CCCCC)C(=O)O)C(=O)OCC=O. The topological polar surface area (TPSA) is 83.9 Å². The fraction of sp³-hybridized carbons (Fsp3) is 0.885. The molecule has 1 atom stereocenters. The van der Waals surface area contributed by atoms with Crippen molar-refractivity contribution in [3.8, 4) is 0 Å². The van der Waals surface area contributed by atoms with Crippen LogP contribution in [0.1, 0.15) is 117 Å². The molecule has 0 radical (unpaired) electrons. The fourth-order valence-electron chi connectivity index (χ4n) is 4.24. The van der Waals surface area contributed by atoms with E-state index in [0.29, 0.717) is 38.1 Å². The van der Waals surface area contributed by atoms with E-state index in [-0.39, 0.29) is 12.5 Å². The molecule has 0 bridgehead atoms. The predicted molar refractivity (Wildman–Crippen MR) is 130 cm³/mol. The molecule has 0 saturated carbocycles. The summed E-state index contributed by atoms with van der Waals surface area (Å²) < 4.78 is 4.99. The highest BCUT2D eigenvalue weighted by molar-refractivity contribution is 5.70. The minimum absolute atomic E-state index is 0.237. The van der Waals surface area contributed by atoms with Crippen molar-refractivity contribution >= 4 is 18.3 Å². The van der Waals surface area contributed by atoms with Crippen LogP contribution < -0.4 is 0 Å². The van der Waals surface area contributed by atoms with Crippen molar-refractivity contribution in [1.29, 1.82) is 0 Å². The molecule has 0 heterocycles. The van der Waals surface area contributed by atoms with E-state index in [1.807, 2.05) is 0 Å². The third-order valence-electron chi connectivity index (χ3n) is 6.19. The van der Waals surface area contributed by atoms with E-state index in [2.05, 4.69) is 20.8 Å². The summed E-state index contributed by atoms with van der Waals surface area (Å²) in [4.78, 5) is 36.4. The molecular formula is C26H49NO5. The van der Waals surface area contributed by atoms with E-state index in [1.165, 1.54) is 38.5 Å². The van der Waals surface area contributed by atoms with Crippen LogP contribution in [0.4, 0.5) is 4.79 Å². The number of nitrogens with zero attached hydrogens (tertiary/aromatic N) is 1. The van der Waals surface area contributed by atoms with Crippen LogP contribution in [0.15, 0.2) is 0 Å². The number of hydrogen-bond acceptors (Lipinski definition) is 4. The van der Waals surface area contributed by atoms with Gasteiger partial charge in [-0.25, -0.2) is 4.79 Å². The fourth-order valence-corrected chi connectivity index (χ4v) is 4.24. The Morgan fingerprint density at radius 2 is 1.38 bits per heavy atom. The van der Waals surface area contributed by atoms with Gasteiger partial charge < -0.3 is 14.7 Å². The molecule has 0 rings (SSSR count). The lowest BCUT2D eigenvalue weighted by Crippen LogP contribution is -2.34. The predicted octanol–water partition coefficient (Wildman–Crippen LogP) is 6.85. The molecule has 0 aliphatic rings. The van der Waals surface area contributed by atoms with Crippen molar-refractivity contribution in [3.63, 3.8) is 0 Å². The van der Waals surface area contributed by atoms with Gasteiger partial charge in [0.2, 0.25) is 0 Å². The Kier molecular flexibility index (Phi) is 20.2. The number of aldehydes is 1. The number of aliphatic carboxylic acids is 1. The zero-order valence-corrected chi connectivity index (χ0v) is 21.0. The van der Waals surface area contributed by atoms with E-state index < -0.39 is 12.1 Å². The van der Waals surface area contributed by atoms with Crippen molar-refractivity contribution in [2.75, 3.05) is 19.7 Å². The second-order valence-corrected chi connectivity index (χ2v) is 9.06. The van der Waals surface area contributed by atoms with Crippen molar-refractivity contribution in [3.05, 3.63) is 0 Å². The highest BCUT2D eigenvalue weighted by atomic mass is 16.6. The summed E-state index contributed by atoms with van der Waals surface area (Å²) in [7, 11) is 0. The Morgan fingerprint density at radius 1 is 0.812 bits per heavy atom. The molecule has 0 aliphatic heterocycles. The van der Waals surface area contributed by atoms with Crippen LogP contribution in [0.2, 0.25) is 0 Å². The van der Waals surface area contributed by atoms with Gasteiger partial charge in [-0.1, -0.05) is 91.4 Å². The molecule has 188 valence electrons. The monoisotopic (exact) mass is 455 g/mol. The Labute approximate surface area is 196 Å². The zero-order chi connectivity index (χ0) is 24.0. The van der Waals surface area contributed by atoms with Crippen molar-refractivity contribution in [2.24, 2.45) is 11.8 Å². The second kappa shape index (κ2) is 21.3. The number of carboxylic acids is 1. The third kappa shape index (κ3) is 16.1. The van der Waals surface area contributed by atoms with Gasteiger partial charge in [-0.05, 0) is 31.6 Å². The molecule has 6 heteroatoms. The molecule has 0 saturated heterocycles. The van der Waals surface area contributed by atoms with Crippen LogP contribution in [0.3, 0.4) is 0 Å². The van der Waals surface area contributed by atoms with Crippen molar-refractivity contribution in [2.45, 2.75) is 117 Å². The van der Waals surface area contributed by atoms with Gasteiger partial charge in [0.15, 0.2) is 6.29 Å². The smallest absolute Gasteiger partial charge is 0.410 e. The second-order valence-electron chi connectivity index (χ2n) is 9.06. The van der Waals surface area contributed by atoms with Gasteiger partial charge in [-0.15, -0.1) is 0 Å². The van der Waals surface area contributed by atoms with E-state index in [9.17, 15) is 19.5 Å². The number of rotatable bonds is 22. The van der Waals surface area contributed by atoms with Crippen molar-refractivity contribution < 1.29 is 24.2 Å². The number of carbonyl (C=O) groups excluding carboxylic acids is 2. The minimum atomic E-state index is -0.723. The molecule has 1 unspecified atom stereocenters. The maximum Gasteiger partial charge on any atom is 0.410 e. The zero-order valence-electron chi connectivity index (χ0n) is 21.0. The average Bonchev–Trinajstić information content (AvgIpc) is 2.78. The third-order valence-corrected chi connectivity index (χ3v) is 6.19. The summed E-state index contributed by atoms with van der Waals surface area (Å²) in [5, 5.41) is 9.81. The molecule has 0 spiro atoms. The van der Waals surface area contributed by atoms with Crippen LogP contribution in [0, 0.1) is 11.8 Å². The Hall–Kier alpha value is -1.59. The summed E-state index contributed by atoms with van der Waals surface area (Å²) in [6.07, 6.45) is 15.6. The lowest BCUT2D eigenvalue weighted by Gasteiger charge is -2.24. The summed E-state index contributed by atoms with van der Waals surface area (Å²) >= 11 is 0. The average molecular weight is 456 g/mol. The highest BCUT2D eigenvalue weighted by Gasteiger charge is 2.23. The van der Waals surface area contributed by atoms with Crippen LogP contribution >= 0.6 is 0 Å². The number of carboxylic acid groups (broad SMARTS) is 1. The van der Waals surface area contributed by atoms with Gasteiger partial charge in [0.25, 0.3) is 0 Å². The largest absolute Gasteiger partial charge is 0.481 e. The highest BCUT2D eigenvalue weighted by Crippen LogP contribution is 2.27. The quantitative estimate of drug-likeness (QED) is 0.142. The standard InChI is InChI=1S/C26H49NO5/c1-4-7-10-13-18-27(26(31)32-21-20-28)19-14-17-24(25(29)30)22-23(15-11-8-5-2)16-12-9-6-3/h20,23-24H,4-19,21-22H2,1-3H3,(H,29,30). The van der Waals surface area contributed by atoms with Crippen LogP contribution in [-0.2, 0) is 14.3 Å².